The molecule has 0 bridgehead atoms. The number of sulfonamides is 1. The van der Waals surface area contributed by atoms with Gasteiger partial charge in [-0.25, -0.2) is 18.1 Å². The van der Waals surface area contributed by atoms with E-state index >= 15 is 0 Å². The van der Waals surface area contributed by atoms with E-state index in [1.165, 1.54) is 17.9 Å². The Labute approximate surface area is 103 Å². The molecule has 3 N–H and O–H groups in total. The summed E-state index contributed by atoms with van der Waals surface area (Å²) in [5.74, 6) is 0.551. The van der Waals surface area contributed by atoms with Crippen LogP contribution in [0.2, 0.25) is 0 Å². The van der Waals surface area contributed by atoms with Gasteiger partial charge in [-0.2, -0.15) is 4.98 Å². The van der Waals surface area contributed by atoms with Gasteiger partial charge in [0.15, 0.2) is 16.7 Å². The van der Waals surface area contributed by atoms with Crippen molar-refractivity contribution in [1.82, 2.24) is 24.4 Å². The van der Waals surface area contributed by atoms with Gasteiger partial charge in [-0.15, -0.1) is 0 Å². The van der Waals surface area contributed by atoms with E-state index < -0.39 is 10.0 Å². The molecule has 0 amide bonds. The normalized spacial score (nSPS) is 11.9. The van der Waals surface area contributed by atoms with Crippen LogP contribution in [0.15, 0.2) is 15.9 Å². The van der Waals surface area contributed by atoms with Crippen molar-refractivity contribution < 1.29 is 12.9 Å². The fourth-order valence-electron chi connectivity index (χ4n) is 1.41. The number of aromatic nitrogens is 4. The summed E-state index contributed by atoms with van der Waals surface area (Å²) in [5.41, 5.74) is 5.50. The Kier molecular flexibility index (Phi) is 3.05. The third-order valence-electron chi connectivity index (χ3n) is 2.15. The van der Waals surface area contributed by atoms with E-state index in [0.717, 1.165) is 0 Å². The maximum atomic E-state index is 12.0. The lowest BCUT2D eigenvalue weighted by molar-refractivity contribution is 0.387. The van der Waals surface area contributed by atoms with Crippen molar-refractivity contribution in [3.05, 3.63) is 18.0 Å². The van der Waals surface area contributed by atoms with Crippen LogP contribution >= 0.6 is 0 Å². The zero-order valence-corrected chi connectivity index (χ0v) is 10.6. The van der Waals surface area contributed by atoms with Crippen LogP contribution in [-0.2, 0) is 23.6 Å². The van der Waals surface area contributed by atoms with Crippen LogP contribution in [0.4, 0.5) is 5.82 Å². The topological polar surface area (TPSA) is 129 Å². The first kappa shape index (κ1) is 12.5. The van der Waals surface area contributed by atoms with Crippen LogP contribution in [0.1, 0.15) is 11.7 Å². The SMILES string of the molecule is Cc1nc(CNS(=O)(=O)c2c(N)ncn2C)no1. The summed E-state index contributed by atoms with van der Waals surface area (Å²) in [7, 11) is -2.23. The quantitative estimate of drug-likeness (QED) is 0.743. The lowest BCUT2D eigenvalue weighted by Gasteiger charge is -2.05. The van der Waals surface area contributed by atoms with Crippen molar-refractivity contribution in [2.24, 2.45) is 7.05 Å². The van der Waals surface area contributed by atoms with E-state index in [1.54, 1.807) is 6.92 Å². The second kappa shape index (κ2) is 4.38. The standard InChI is InChI=1S/C8H12N6O3S/c1-5-12-6(13-17-5)3-11-18(15,16)8-7(9)10-4-14(8)2/h4,11H,3,9H2,1-2H3. The zero-order valence-electron chi connectivity index (χ0n) is 9.78. The number of aryl methyl sites for hydroxylation is 2. The number of hydrogen-bond donors (Lipinski definition) is 2. The Morgan fingerprint density at radius 1 is 1.56 bits per heavy atom. The lowest BCUT2D eigenvalue weighted by atomic mass is 10.6. The largest absolute Gasteiger partial charge is 0.381 e. The molecule has 0 spiro atoms. The summed E-state index contributed by atoms with van der Waals surface area (Å²) >= 11 is 0. The zero-order chi connectivity index (χ0) is 13.3. The molecule has 0 aliphatic carbocycles. The fourth-order valence-corrected chi connectivity index (χ4v) is 2.62. The van der Waals surface area contributed by atoms with Crippen LogP contribution in [0.25, 0.3) is 0 Å². The maximum Gasteiger partial charge on any atom is 0.260 e. The molecule has 2 aromatic rings. The highest BCUT2D eigenvalue weighted by Crippen LogP contribution is 2.15. The average Bonchev–Trinajstić information content (AvgIpc) is 2.83. The summed E-state index contributed by atoms with van der Waals surface area (Å²) in [6, 6.07) is 0. The smallest absolute Gasteiger partial charge is 0.260 e. The van der Waals surface area contributed by atoms with Gasteiger partial charge in [-0.3, -0.25) is 0 Å². The first-order chi connectivity index (χ1) is 8.40. The second-order valence-electron chi connectivity index (χ2n) is 3.60. The van der Waals surface area contributed by atoms with E-state index in [0.29, 0.717) is 5.89 Å². The highest BCUT2D eigenvalue weighted by atomic mass is 32.2. The summed E-state index contributed by atoms with van der Waals surface area (Å²) in [4.78, 5) is 7.59. The van der Waals surface area contributed by atoms with E-state index in [-0.39, 0.29) is 23.2 Å². The number of imidazole rings is 1. The highest BCUT2D eigenvalue weighted by Gasteiger charge is 2.22. The Hall–Kier alpha value is -1.94. The molecule has 0 saturated carbocycles. The number of anilines is 1. The fraction of sp³-hybridized carbons (Fsp3) is 0.375. The summed E-state index contributed by atoms with van der Waals surface area (Å²) in [6.45, 7) is 1.54. The predicted molar refractivity (Wildman–Crippen MR) is 60.7 cm³/mol. The number of nitrogen functional groups attached to an aromatic ring is 1. The molecule has 0 aromatic carbocycles. The number of rotatable bonds is 4. The number of nitrogens with one attached hydrogen (secondary N) is 1. The van der Waals surface area contributed by atoms with E-state index in [1.807, 2.05) is 0 Å². The summed E-state index contributed by atoms with van der Waals surface area (Å²) < 4.78 is 32.3. The molecule has 98 valence electrons. The molecule has 0 aliphatic heterocycles. The third kappa shape index (κ3) is 2.33. The lowest BCUT2D eigenvalue weighted by Crippen LogP contribution is -2.26. The van der Waals surface area contributed by atoms with Crippen molar-refractivity contribution in [3.8, 4) is 0 Å². The van der Waals surface area contributed by atoms with Crippen LogP contribution in [0.5, 0.6) is 0 Å². The van der Waals surface area contributed by atoms with Crippen molar-refractivity contribution in [3.63, 3.8) is 0 Å². The summed E-state index contributed by atoms with van der Waals surface area (Å²) in [6.07, 6.45) is 1.32. The van der Waals surface area contributed by atoms with Crippen LogP contribution in [-0.4, -0.2) is 28.1 Å². The average molecular weight is 272 g/mol. The second-order valence-corrected chi connectivity index (χ2v) is 5.28. The van der Waals surface area contributed by atoms with Gasteiger partial charge in [0.1, 0.15) is 0 Å². The molecule has 0 unspecified atom stereocenters. The number of hydrogen-bond acceptors (Lipinski definition) is 7. The van der Waals surface area contributed by atoms with Crippen LogP contribution < -0.4 is 10.5 Å². The molecule has 2 rings (SSSR count). The molecule has 0 radical (unpaired) electrons. The number of nitrogens with two attached hydrogens (primary N) is 1. The third-order valence-corrected chi connectivity index (χ3v) is 3.68. The van der Waals surface area contributed by atoms with Crippen molar-refractivity contribution in [2.75, 3.05) is 5.73 Å². The van der Waals surface area contributed by atoms with E-state index in [2.05, 4.69) is 19.8 Å². The predicted octanol–water partition coefficient (Wildman–Crippen LogP) is -0.828. The van der Waals surface area contributed by atoms with Crippen molar-refractivity contribution in [1.29, 1.82) is 0 Å². The van der Waals surface area contributed by atoms with Crippen molar-refractivity contribution >= 4 is 15.8 Å². The molecule has 0 saturated heterocycles. The first-order valence-corrected chi connectivity index (χ1v) is 6.44. The molecule has 2 heterocycles. The van der Waals surface area contributed by atoms with Gasteiger partial charge < -0.3 is 14.8 Å². The van der Waals surface area contributed by atoms with Crippen LogP contribution in [0, 0.1) is 6.92 Å². The van der Waals surface area contributed by atoms with E-state index in [4.69, 9.17) is 10.3 Å². The van der Waals surface area contributed by atoms with Gasteiger partial charge in [0.2, 0.25) is 5.89 Å². The van der Waals surface area contributed by atoms with Crippen molar-refractivity contribution in [2.45, 2.75) is 18.5 Å². The highest BCUT2D eigenvalue weighted by molar-refractivity contribution is 7.89. The van der Waals surface area contributed by atoms with Crippen LogP contribution in [0.3, 0.4) is 0 Å². The minimum absolute atomic E-state index is 0.0608. The summed E-state index contributed by atoms with van der Waals surface area (Å²) in [5, 5.41) is 3.48. The molecule has 0 fully saturated rings. The van der Waals surface area contributed by atoms with Gasteiger partial charge in [-0.1, -0.05) is 5.16 Å². The Morgan fingerprint density at radius 2 is 2.28 bits per heavy atom. The van der Waals surface area contributed by atoms with E-state index in [9.17, 15) is 8.42 Å². The minimum atomic E-state index is -3.76. The molecular weight excluding hydrogens is 260 g/mol. The Balaban J connectivity index is 2.18. The molecular formula is C8H12N6O3S. The molecule has 0 aliphatic rings. The van der Waals surface area contributed by atoms with Gasteiger partial charge in [0.25, 0.3) is 10.0 Å². The van der Waals surface area contributed by atoms with Gasteiger partial charge in [0, 0.05) is 14.0 Å². The van der Waals surface area contributed by atoms with Gasteiger partial charge in [0.05, 0.1) is 12.9 Å². The first-order valence-electron chi connectivity index (χ1n) is 4.96. The minimum Gasteiger partial charge on any atom is -0.381 e. The monoisotopic (exact) mass is 272 g/mol. The molecule has 2 aromatic heterocycles. The van der Waals surface area contributed by atoms with Gasteiger partial charge in [-0.05, 0) is 0 Å². The molecule has 0 atom stereocenters. The molecule has 10 heteroatoms. The Bertz CT molecular complexity index is 639. The number of nitrogens with zero attached hydrogens (tertiary/aromatic N) is 4. The molecule has 18 heavy (non-hydrogen) atoms. The maximum absolute atomic E-state index is 12.0. The molecule has 9 nitrogen and oxygen atoms in total. The van der Waals surface area contributed by atoms with Gasteiger partial charge >= 0.3 is 0 Å². The Morgan fingerprint density at radius 3 is 2.78 bits per heavy atom.